The summed E-state index contributed by atoms with van der Waals surface area (Å²) < 4.78 is 33.0. The Balaban J connectivity index is 1.56. The molecule has 0 aliphatic carbocycles. The number of carbonyl (C=O) groups is 1. The summed E-state index contributed by atoms with van der Waals surface area (Å²) in [6, 6.07) is 22.4. The Kier molecular flexibility index (Phi) is 5.65. The van der Waals surface area contributed by atoms with Crippen molar-refractivity contribution in [2.45, 2.75) is 5.03 Å². The molecule has 0 spiro atoms. The Morgan fingerprint density at radius 3 is 2.45 bits per heavy atom. The van der Waals surface area contributed by atoms with Crippen LogP contribution in [0.1, 0.15) is 10.4 Å². The third kappa shape index (κ3) is 4.06. The number of aromatic amines is 2. The minimum absolute atomic E-state index is 0.0964. The molecule has 3 N–H and O–H groups in total. The first-order valence-electron chi connectivity index (χ1n) is 11.6. The number of benzene rings is 3. The maximum atomic E-state index is 12.8. The average molecular weight is 524 g/mol. The minimum Gasteiger partial charge on any atom is -0.465 e. The molecule has 3 heterocycles. The van der Waals surface area contributed by atoms with E-state index in [1.807, 2.05) is 48.5 Å². The molecule has 188 valence electrons. The SMILES string of the molecule is COC(=O)c1ccc(-c2cnc3[nH]c4ccc(NS(=O)(=O)c5c[nH]cn5)cc4c3c2-c2ccccc2)cc1. The van der Waals surface area contributed by atoms with E-state index in [0.29, 0.717) is 16.9 Å². The van der Waals surface area contributed by atoms with Gasteiger partial charge in [-0.25, -0.2) is 14.8 Å². The number of nitrogens with zero attached hydrogens (tertiary/aromatic N) is 2. The number of carbonyl (C=O) groups excluding carboxylic acids is 1. The van der Waals surface area contributed by atoms with Crippen molar-refractivity contribution in [1.29, 1.82) is 0 Å². The van der Waals surface area contributed by atoms with Gasteiger partial charge < -0.3 is 14.7 Å². The molecular formula is C28H21N5O4S. The van der Waals surface area contributed by atoms with E-state index in [0.717, 1.165) is 38.5 Å². The summed E-state index contributed by atoms with van der Waals surface area (Å²) in [5, 5.41) is 1.56. The minimum atomic E-state index is -3.86. The van der Waals surface area contributed by atoms with Gasteiger partial charge in [-0.05, 0) is 41.5 Å². The molecule has 0 bridgehead atoms. The summed E-state index contributed by atoms with van der Waals surface area (Å²) in [4.78, 5) is 26.5. The number of aromatic nitrogens is 4. The summed E-state index contributed by atoms with van der Waals surface area (Å²) in [6.45, 7) is 0. The second-order valence-electron chi connectivity index (χ2n) is 8.60. The lowest BCUT2D eigenvalue weighted by atomic mass is 9.92. The number of esters is 1. The van der Waals surface area contributed by atoms with E-state index < -0.39 is 16.0 Å². The predicted octanol–water partition coefficient (Wildman–Crippen LogP) is 5.36. The molecule has 0 unspecified atom stereocenters. The van der Waals surface area contributed by atoms with Crippen molar-refractivity contribution >= 4 is 43.6 Å². The molecule has 0 saturated heterocycles. The smallest absolute Gasteiger partial charge is 0.337 e. The molecule has 6 rings (SSSR count). The van der Waals surface area contributed by atoms with Gasteiger partial charge in [0.25, 0.3) is 10.0 Å². The third-order valence-electron chi connectivity index (χ3n) is 6.30. The van der Waals surface area contributed by atoms with Gasteiger partial charge in [-0.3, -0.25) is 4.72 Å². The van der Waals surface area contributed by atoms with Crippen molar-refractivity contribution in [2.75, 3.05) is 11.8 Å². The molecule has 38 heavy (non-hydrogen) atoms. The molecule has 0 saturated carbocycles. The van der Waals surface area contributed by atoms with Crippen LogP contribution in [0.25, 0.3) is 44.2 Å². The molecule has 3 aromatic heterocycles. The zero-order valence-corrected chi connectivity index (χ0v) is 20.9. The van der Waals surface area contributed by atoms with E-state index >= 15 is 0 Å². The van der Waals surface area contributed by atoms with Gasteiger partial charge in [-0.15, -0.1) is 0 Å². The lowest BCUT2D eigenvalue weighted by Crippen LogP contribution is -2.13. The van der Waals surface area contributed by atoms with Crippen LogP contribution in [0, 0.1) is 0 Å². The fraction of sp³-hybridized carbons (Fsp3) is 0.0357. The third-order valence-corrected chi connectivity index (χ3v) is 7.58. The van der Waals surface area contributed by atoms with E-state index in [1.54, 1.807) is 30.5 Å². The summed E-state index contributed by atoms with van der Waals surface area (Å²) in [7, 11) is -2.51. The van der Waals surface area contributed by atoms with Crippen LogP contribution in [0.5, 0.6) is 0 Å². The van der Waals surface area contributed by atoms with Gasteiger partial charge in [0.1, 0.15) is 5.65 Å². The van der Waals surface area contributed by atoms with Gasteiger partial charge in [-0.2, -0.15) is 8.42 Å². The molecule has 3 aromatic carbocycles. The largest absolute Gasteiger partial charge is 0.465 e. The Labute approximate surface area is 217 Å². The number of hydrogen-bond acceptors (Lipinski definition) is 6. The van der Waals surface area contributed by atoms with Crippen LogP contribution in [0.15, 0.2) is 96.5 Å². The summed E-state index contributed by atoms with van der Waals surface area (Å²) in [5.74, 6) is -0.408. The Morgan fingerprint density at radius 1 is 0.947 bits per heavy atom. The van der Waals surface area contributed by atoms with Crippen LogP contribution in [0.4, 0.5) is 5.69 Å². The number of H-pyrrole nitrogens is 2. The van der Waals surface area contributed by atoms with E-state index in [9.17, 15) is 13.2 Å². The van der Waals surface area contributed by atoms with Crippen molar-refractivity contribution in [2.24, 2.45) is 0 Å². The van der Waals surface area contributed by atoms with E-state index in [2.05, 4.69) is 19.7 Å². The van der Waals surface area contributed by atoms with Gasteiger partial charge >= 0.3 is 5.97 Å². The highest BCUT2D eigenvalue weighted by Gasteiger charge is 2.20. The van der Waals surface area contributed by atoms with Gasteiger partial charge in [0.2, 0.25) is 0 Å². The lowest BCUT2D eigenvalue weighted by molar-refractivity contribution is 0.0600. The Morgan fingerprint density at radius 2 is 1.74 bits per heavy atom. The van der Waals surface area contributed by atoms with Crippen molar-refractivity contribution in [3.05, 3.63) is 97.1 Å². The number of methoxy groups -OCH3 is 1. The van der Waals surface area contributed by atoms with Crippen LogP contribution < -0.4 is 4.72 Å². The fourth-order valence-corrected chi connectivity index (χ4v) is 5.50. The molecule has 9 nitrogen and oxygen atoms in total. The van der Waals surface area contributed by atoms with Crippen LogP contribution in [0.2, 0.25) is 0 Å². The summed E-state index contributed by atoms with van der Waals surface area (Å²) in [6.07, 6.45) is 4.44. The van der Waals surface area contributed by atoms with Crippen molar-refractivity contribution in [3.63, 3.8) is 0 Å². The first-order chi connectivity index (χ1) is 18.4. The van der Waals surface area contributed by atoms with Crippen molar-refractivity contribution < 1.29 is 17.9 Å². The number of hydrogen-bond donors (Lipinski definition) is 3. The Bertz CT molecular complexity index is 1900. The molecule has 0 radical (unpaired) electrons. The summed E-state index contributed by atoms with van der Waals surface area (Å²) in [5.41, 5.74) is 5.96. The second kappa shape index (κ2) is 9.16. The van der Waals surface area contributed by atoms with Crippen molar-refractivity contribution in [3.8, 4) is 22.3 Å². The molecule has 0 amide bonds. The predicted molar refractivity (Wildman–Crippen MR) is 145 cm³/mol. The average Bonchev–Trinajstić information content (AvgIpc) is 3.62. The number of sulfonamides is 1. The topological polar surface area (TPSA) is 130 Å². The standard InChI is InChI=1S/C28H21N5O4S/c1-37-28(34)19-9-7-17(8-10-19)22-14-30-27-26(25(22)18-5-3-2-4-6-18)21-13-20(11-12-23(21)32-27)33-38(35,36)24-15-29-16-31-24/h2-16,33H,1H3,(H,29,31)(H,30,32). The van der Waals surface area contributed by atoms with Crippen molar-refractivity contribution in [1.82, 2.24) is 19.9 Å². The highest BCUT2D eigenvalue weighted by molar-refractivity contribution is 7.92. The number of rotatable bonds is 6. The first kappa shape index (κ1) is 23.4. The molecule has 0 aliphatic heterocycles. The number of nitrogens with one attached hydrogen (secondary N) is 3. The van der Waals surface area contributed by atoms with Crippen LogP contribution in [-0.2, 0) is 14.8 Å². The fourth-order valence-electron chi connectivity index (χ4n) is 4.55. The van der Waals surface area contributed by atoms with Crippen LogP contribution in [0.3, 0.4) is 0 Å². The monoisotopic (exact) mass is 523 g/mol. The summed E-state index contributed by atoms with van der Waals surface area (Å²) >= 11 is 0. The number of ether oxygens (including phenoxy) is 1. The zero-order valence-electron chi connectivity index (χ0n) is 20.1. The van der Waals surface area contributed by atoms with Gasteiger partial charge in [0.15, 0.2) is 5.03 Å². The Hall–Kier alpha value is -4.96. The highest BCUT2D eigenvalue weighted by Crippen LogP contribution is 2.41. The number of anilines is 1. The number of pyridine rings is 1. The maximum Gasteiger partial charge on any atom is 0.337 e. The van der Waals surface area contributed by atoms with Crippen LogP contribution >= 0.6 is 0 Å². The molecular weight excluding hydrogens is 502 g/mol. The second-order valence-corrected chi connectivity index (χ2v) is 10.2. The molecule has 0 fully saturated rings. The first-order valence-corrected chi connectivity index (χ1v) is 13.1. The highest BCUT2D eigenvalue weighted by atomic mass is 32.2. The van der Waals surface area contributed by atoms with Gasteiger partial charge in [0, 0.05) is 45.5 Å². The maximum absolute atomic E-state index is 12.8. The quantitative estimate of drug-likeness (QED) is 0.252. The van der Waals surface area contributed by atoms with E-state index in [1.165, 1.54) is 19.6 Å². The van der Waals surface area contributed by atoms with E-state index in [-0.39, 0.29) is 5.03 Å². The molecule has 0 atom stereocenters. The van der Waals surface area contributed by atoms with Gasteiger partial charge in [-0.1, -0.05) is 42.5 Å². The normalized spacial score (nSPS) is 11.6. The molecule has 0 aliphatic rings. The molecule has 10 heteroatoms. The number of imidazole rings is 1. The van der Waals surface area contributed by atoms with Gasteiger partial charge in [0.05, 0.1) is 19.0 Å². The van der Waals surface area contributed by atoms with Crippen LogP contribution in [-0.4, -0.2) is 41.4 Å². The molecule has 6 aromatic rings. The zero-order chi connectivity index (χ0) is 26.3. The lowest BCUT2D eigenvalue weighted by Gasteiger charge is -2.13. The number of fused-ring (bicyclic) bond motifs is 3. The van der Waals surface area contributed by atoms with E-state index in [4.69, 9.17) is 9.72 Å².